The quantitative estimate of drug-likeness (QED) is 0.0215. The van der Waals surface area contributed by atoms with E-state index in [1.807, 2.05) is 92.8 Å². The highest BCUT2D eigenvalue weighted by Crippen LogP contribution is 2.55. The van der Waals surface area contributed by atoms with Gasteiger partial charge in [0.15, 0.2) is 17.6 Å². The van der Waals surface area contributed by atoms with E-state index in [2.05, 4.69) is 174 Å². The summed E-state index contributed by atoms with van der Waals surface area (Å²) < 4.78 is 16.1. The first-order valence-electron chi connectivity index (χ1n) is 43.0. The molecule has 123 heavy (non-hydrogen) atoms. The fraction of sp³-hybridized carbons (Fsp3) is 0.343. The molecule has 0 spiro atoms. The van der Waals surface area contributed by atoms with E-state index in [9.17, 15) is 14.4 Å². The highest BCUT2D eigenvalue weighted by Gasteiger charge is 2.30. The zero-order valence-corrected chi connectivity index (χ0v) is 83.8. The van der Waals surface area contributed by atoms with Crippen LogP contribution < -0.4 is 9.47 Å². The van der Waals surface area contributed by atoms with Gasteiger partial charge < -0.3 is 9.47 Å². The van der Waals surface area contributed by atoms with Crippen molar-refractivity contribution in [2.24, 2.45) is 23.7 Å². The number of halogens is 1. The largest absolute Gasteiger partial charge is 0.487 e. The normalized spacial score (nSPS) is 12.9. The molecule has 0 radical (unpaired) electrons. The van der Waals surface area contributed by atoms with E-state index < -0.39 is 0 Å². The molecule has 14 aromatic heterocycles. The van der Waals surface area contributed by atoms with Crippen molar-refractivity contribution in [3.05, 3.63) is 195 Å². The lowest BCUT2D eigenvalue weighted by Crippen LogP contribution is -2.01. The Morgan fingerprint density at radius 2 is 0.740 bits per heavy atom. The number of nitrogens with zero attached hydrogens (tertiary/aromatic N) is 4. The zero-order chi connectivity index (χ0) is 85.5. The maximum Gasteiger partial charge on any atom is 0.315 e. The molecular formula is C99H101BrN4O5S14. The fourth-order valence-electron chi connectivity index (χ4n) is 15.8. The molecule has 18 rings (SSSR count). The van der Waals surface area contributed by atoms with Crippen LogP contribution in [0, 0.1) is 23.7 Å². The SMILES string of the molecule is CCCCC(CC)Cc1ccc(-c2c3nc(-c4ccc(-c5ccc(C=O)s5)s4)sc3c(-c3ccc(CC(CC)CCCC)s3)c3nc(-c4ccc(-c5ccc(C=O)s5)s4)sc23)s1.CCCCC(CC)Cc1ccc(-c2c3ncsc3c(-c3ccc(CC(CC)CCCC)s3)c3ncsc23)s1.COc1ccc(-c2ccc(Br)s2)s1.O=C1Cc2ccccc2O1. The highest BCUT2D eigenvalue weighted by atomic mass is 79.9. The number of thiophene rings is 10. The molecule has 0 N–H and O–H groups in total. The third-order valence-corrected chi connectivity index (χ3v) is 38.9. The van der Waals surface area contributed by atoms with Crippen LogP contribution in [0.15, 0.2) is 160 Å². The van der Waals surface area contributed by atoms with E-state index in [4.69, 9.17) is 29.4 Å². The van der Waals surface area contributed by atoms with Gasteiger partial charge >= 0.3 is 5.97 Å². The summed E-state index contributed by atoms with van der Waals surface area (Å²) in [5, 5.41) is 2.99. The topological polar surface area (TPSA) is 121 Å². The van der Waals surface area contributed by atoms with Gasteiger partial charge in [-0.3, -0.25) is 14.4 Å². The molecule has 3 aromatic carbocycles. The number of para-hydroxylation sites is 1. The average Bonchev–Trinajstić information content (AvgIpc) is 1.57. The van der Waals surface area contributed by atoms with Gasteiger partial charge in [0.2, 0.25) is 0 Å². The average molecular weight is 1960 g/mol. The zero-order valence-electron chi connectivity index (χ0n) is 70.7. The van der Waals surface area contributed by atoms with Crippen molar-refractivity contribution in [1.29, 1.82) is 0 Å². The molecular weight excluding hydrogens is 1850 g/mol. The predicted molar refractivity (Wildman–Crippen MR) is 549 cm³/mol. The molecule has 0 bridgehead atoms. The van der Waals surface area contributed by atoms with Gasteiger partial charge in [-0.2, -0.15) is 0 Å². The van der Waals surface area contributed by atoms with Gasteiger partial charge in [0, 0.05) is 96.1 Å². The van der Waals surface area contributed by atoms with Gasteiger partial charge in [0.25, 0.3) is 0 Å². The number of aromatic nitrogens is 4. The number of carbonyl (C=O) groups excluding carboxylic acids is 3. The molecule has 1 aliphatic heterocycles. The number of methoxy groups -OCH3 is 1. The number of ether oxygens (including phenoxy) is 2. The molecule has 4 atom stereocenters. The molecule has 0 aliphatic carbocycles. The van der Waals surface area contributed by atoms with Crippen LogP contribution >= 0.6 is 175 Å². The molecule has 0 saturated heterocycles. The molecule has 9 nitrogen and oxygen atoms in total. The van der Waals surface area contributed by atoms with Crippen LogP contribution in [0.2, 0.25) is 0 Å². The molecule has 17 aromatic rings. The van der Waals surface area contributed by atoms with E-state index in [0.29, 0.717) is 24.0 Å². The van der Waals surface area contributed by atoms with Crippen molar-refractivity contribution < 1.29 is 23.9 Å². The Balaban J connectivity index is 0.000000160. The predicted octanol–water partition coefficient (Wildman–Crippen LogP) is 35.7. The lowest BCUT2D eigenvalue weighted by atomic mass is 9.95. The molecule has 638 valence electrons. The number of carbonyl (C=O) groups is 3. The second kappa shape index (κ2) is 43.9. The molecule has 15 heterocycles. The van der Waals surface area contributed by atoms with Crippen LogP contribution in [-0.4, -0.2) is 45.6 Å². The summed E-state index contributed by atoms with van der Waals surface area (Å²) in [6.45, 7) is 18.5. The molecule has 0 amide bonds. The molecule has 0 saturated carbocycles. The van der Waals surface area contributed by atoms with E-state index in [0.717, 1.165) is 123 Å². The Labute approximate surface area is 787 Å². The molecule has 4 unspecified atom stereocenters. The van der Waals surface area contributed by atoms with Gasteiger partial charge in [-0.25, -0.2) is 19.9 Å². The van der Waals surface area contributed by atoms with E-state index in [-0.39, 0.29) is 5.97 Å². The van der Waals surface area contributed by atoms with Crippen molar-refractivity contribution in [1.82, 2.24) is 19.9 Å². The number of unbranched alkanes of at least 4 members (excludes halogenated alkanes) is 4. The molecule has 1 aliphatic rings. The molecule has 24 heteroatoms. The third-order valence-electron chi connectivity index (χ3n) is 22.7. The lowest BCUT2D eigenvalue weighted by Gasteiger charge is -2.13. The van der Waals surface area contributed by atoms with Crippen LogP contribution in [0.1, 0.15) is 203 Å². The van der Waals surface area contributed by atoms with Crippen LogP contribution in [0.3, 0.4) is 0 Å². The standard InChI is InChI=1S/C50H48N2O2S8.C32H40N2S4.C9H7BrOS2.C8H6O2/c1-5-9-11-29(7-3)25-31-13-19-39(55-31)43-45-48(62-49(51-45)41-23-21-37(59-41)35-17-15-33(27-53)57-35)44(40-20-14-32(56-40)26-30(8-4)12-10-6-2)46-47(43)61-50(52-46)42-24-22-38(60-42)36-18-16-34(28-54)58-36;1-5-9-11-21(7-3)17-23-13-15-25(37-23)27-29-32(36-19-33-29)28(30-31(27)35-20-34-30)26-16-14-24(38-26)18-22(8-4)12-10-6-2;1-11-9-5-3-7(13-9)6-2-4-8(10)12-6;9-8-5-6-3-1-2-4-7(6)10-8/h13-24,27-30H,5-12,25-26H2,1-4H3;13-16,19-22H,5-12,17-18H2,1-4H3;2-5H,1H3;1-4H,5H2. The maximum atomic E-state index is 11.5. The van der Waals surface area contributed by atoms with Gasteiger partial charge in [-0.1, -0.05) is 188 Å². The Hall–Kier alpha value is -6.69. The second-order valence-electron chi connectivity index (χ2n) is 31.2. The Morgan fingerprint density at radius 3 is 1.11 bits per heavy atom. The number of rotatable bonds is 36. The number of hydrogen-bond donors (Lipinski definition) is 0. The first-order valence-corrected chi connectivity index (χ1v) is 55.3. The maximum absolute atomic E-state index is 11.5. The summed E-state index contributed by atoms with van der Waals surface area (Å²) in [5.74, 6) is 3.51. The number of thiazole rings is 4. The number of fused-ring (bicyclic) bond motifs is 5. The van der Waals surface area contributed by atoms with Gasteiger partial charge in [0.05, 0.1) is 88.7 Å². The number of esters is 1. The minimum Gasteiger partial charge on any atom is -0.487 e. The minimum absolute atomic E-state index is 0.152. The van der Waals surface area contributed by atoms with Crippen LogP contribution in [-0.2, 0) is 36.9 Å². The van der Waals surface area contributed by atoms with Crippen LogP contribution in [0.5, 0.6) is 10.8 Å². The minimum atomic E-state index is -0.152. The Bertz CT molecular complexity index is 5910. The monoisotopic (exact) mass is 1950 g/mol. The first-order chi connectivity index (χ1) is 60.2. The van der Waals surface area contributed by atoms with Crippen molar-refractivity contribution in [3.63, 3.8) is 0 Å². The van der Waals surface area contributed by atoms with Crippen LogP contribution in [0.25, 0.3) is 132 Å². The van der Waals surface area contributed by atoms with Gasteiger partial charge in [0.1, 0.15) is 15.8 Å². The lowest BCUT2D eigenvalue weighted by molar-refractivity contribution is -0.131. The van der Waals surface area contributed by atoms with E-state index in [1.54, 1.807) is 104 Å². The van der Waals surface area contributed by atoms with Crippen molar-refractivity contribution >= 4 is 234 Å². The number of benzene rings is 3. The summed E-state index contributed by atoms with van der Waals surface area (Å²) in [6.07, 6.45) is 27.3. The van der Waals surface area contributed by atoms with Gasteiger partial charge in [-0.15, -0.1) is 147 Å². The smallest absolute Gasteiger partial charge is 0.315 e. The summed E-state index contributed by atoms with van der Waals surface area (Å²) >= 11 is 28.3. The van der Waals surface area contributed by atoms with Crippen LogP contribution in [0.4, 0.5) is 0 Å². The summed E-state index contributed by atoms with van der Waals surface area (Å²) in [5.41, 5.74) is 14.4. The van der Waals surface area contributed by atoms with Gasteiger partial charge in [-0.05, 0) is 193 Å². The summed E-state index contributed by atoms with van der Waals surface area (Å²) in [6, 6.07) is 51.2. The summed E-state index contributed by atoms with van der Waals surface area (Å²) in [4.78, 5) is 76.8. The highest BCUT2D eigenvalue weighted by molar-refractivity contribution is 9.11. The van der Waals surface area contributed by atoms with E-state index in [1.165, 1.54) is 228 Å². The van der Waals surface area contributed by atoms with E-state index >= 15 is 0 Å². The Morgan fingerprint density at radius 1 is 0.382 bits per heavy atom. The first kappa shape index (κ1) is 91.1. The number of hydrogen-bond acceptors (Lipinski definition) is 23. The van der Waals surface area contributed by atoms with Crippen molar-refractivity contribution in [2.45, 2.75) is 190 Å². The summed E-state index contributed by atoms with van der Waals surface area (Å²) in [7, 11) is 1.69. The fourth-order valence-corrected chi connectivity index (χ4v) is 31.0. The second-order valence-corrected chi connectivity index (χ2v) is 47.4. The van der Waals surface area contributed by atoms with Crippen molar-refractivity contribution in [2.75, 3.05) is 7.11 Å². The molecule has 0 fully saturated rings. The Kier molecular flexibility index (Phi) is 32.5. The third kappa shape index (κ3) is 21.8. The number of aldehydes is 2. The van der Waals surface area contributed by atoms with Crippen molar-refractivity contribution in [3.8, 4) is 102 Å².